The fourth-order valence-electron chi connectivity index (χ4n) is 5.93. The topological polar surface area (TPSA) is 120 Å². The molecule has 4 aromatic heterocycles. The van der Waals surface area contributed by atoms with Crippen molar-refractivity contribution in [2.75, 3.05) is 32.9 Å². The Kier molecular flexibility index (Phi) is 7.93. The van der Waals surface area contributed by atoms with Crippen molar-refractivity contribution in [1.82, 2.24) is 24.4 Å². The smallest absolute Gasteiger partial charge is 0.345 e. The van der Waals surface area contributed by atoms with Crippen LogP contribution < -0.4 is 4.74 Å². The molecule has 0 bridgehead atoms. The first-order valence-corrected chi connectivity index (χ1v) is 15.9. The zero-order chi connectivity index (χ0) is 31.8. The summed E-state index contributed by atoms with van der Waals surface area (Å²) in [4.78, 5) is 41.5. The Morgan fingerprint density at radius 3 is 2.54 bits per heavy atom. The van der Waals surface area contributed by atoms with Crippen LogP contribution >= 0.6 is 11.3 Å². The van der Waals surface area contributed by atoms with Gasteiger partial charge in [0.2, 0.25) is 5.91 Å². The van der Waals surface area contributed by atoms with Crippen LogP contribution in [0.25, 0.3) is 54.8 Å². The number of aromatic carboxylic acids is 1. The van der Waals surface area contributed by atoms with E-state index in [0.29, 0.717) is 38.9 Å². The zero-order valence-corrected chi connectivity index (χ0v) is 26.2. The van der Waals surface area contributed by atoms with E-state index in [9.17, 15) is 14.7 Å². The molecular weight excluding hydrogens is 602 g/mol. The normalized spacial score (nSPS) is 13.4. The van der Waals surface area contributed by atoms with Crippen molar-refractivity contribution in [3.63, 3.8) is 0 Å². The SMILES string of the molecule is CCOc1ncc(-c2ccc3cc(-c4c(-c5ccccc5)c5sc(C(=O)O)cc5n4CC(=O)N4CCOCC4)ccc3n2)c(C)n1. The van der Waals surface area contributed by atoms with Gasteiger partial charge in [-0.15, -0.1) is 11.3 Å². The number of benzene rings is 2. The zero-order valence-electron chi connectivity index (χ0n) is 25.4. The van der Waals surface area contributed by atoms with Crippen molar-refractivity contribution in [2.45, 2.75) is 20.4 Å². The van der Waals surface area contributed by atoms with Crippen LogP contribution in [0.2, 0.25) is 0 Å². The number of amides is 1. The number of fused-ring (bicyclic) bond motifs is 2. The molecule has 11 heteroatoms. The molecule has 7 rings (SSSR count). The van der Waals surface area contributed by atoms with E-state index >= 15 is 0 Å². The van der Waals surface area contributed by atoms with Crippen LogP contribution in [0.5, 0.6) is 6.01 Å². The fraction of sp³-hybridized carbons (Fsp3) is 0.229. The van der Waals surface area contributed by atoms with E-state index in [2.05, 4.69) is 16.0 Å². The van der Waals surface area contributed by atoms with Gasteiger partial charge in [0.05, 0.1) is 52.6 Å². The summed E-state index contributed by atoms with van der Waals surface area (Å²) in [6.45, 7) is 6.41. The molecule has 0 atom stereocenters. The van der Waals surface area contributed by atoms with Gasteiger partial charge in [-0.25, -0.2) is 14.8 Å². The van der Waals surface area contributed by atoms with Crippen molar-refractivity contribution in [1.29, 1.82) is 0 Å². The van der Waals surface area contributed by atoms with Crippen LogP contribution in [-0.4, -0.2) is 74.3 Å². The van der Waals surface area contributed by atoms with Crippen LogP contribution in [0.1, 0.15) is 22.3 Å². The fourth-order valence-corrected chi connectivity index (χ4v) is 7.00. The third-order valence-corrected chi connectivity index (χ3v) is 9.27. The van der Waals surface area contributed by atoms with E-state index in [1.807, 2.05) is 77.9 Å². The van der Waals surface area contributed by atoms with E-state index < -0.39 is 5.97 Å². The number of ether oxygens (including phenoxy) is 2. The van der Waals surface area contributed by atoms with Gasteiger partial charge in [0.25, 0.3) is 0 Å². The highest BCUT2D eigenvalue weighted by atomic mass is 32.1. The van der Waals surface area contributed by atoms with Crippen LogP contribution in [0.15, 0.2) is 72.9 Å². The highest BCUT2D eigenvalue weighted by Gasteiger charge is 2.27. The number of carbonyl (C=O) groups is 2. The summed E-state index contributed by atoms with van der Waals surface area (Å²) in [7, 11) is 0. The summed E-state index contributed by atoms with van der Waals surface area (Å²) in [6, 6.07) is 22.0. The number of hydrogen-bond donors (Lipinski definition) is 1. The molecule has 2 aromatic carbocycles. The monoisotopic (exact) mass is 633 g/mol. The molecule has 1 fully saturated rings. The molecule has 0 aliphatic carbocycles. The highest BCUT2D eigenvalue weighted by molar-refractivity contribution is 7.21. The van der Waals surface area contributed by atoms with Gasteiger partial charge in [-0.05, 0) is 49.2 Å². The van der Waals surface area contributed by atoms with E-state index in [0.717, 1.165) is 60.5 Å². The number of aryl methyl sites for hydroxylation is 1. The van der Waals surface area contributed by atoms with Crippen molar-refractivity contribution in [3.8, 4) is 39.7 Å². The molecule has 1 amide bonds. The second-order valence-electron chi connectivity index (χ2n) is 11.0. The molecule has 6 aromatic rings. The lowest BCUT2D eigenvalue weighted by atomic mass is 9.99. The maximum atomic E-state index is 13.7. The Labute approximate surface area is 268 Å². The number of carbonyl (C=O) groups excluding carboxylic acids is 1. The van der Waals surface area contributed by atoms with Gasteiger partial charge >= 0.3 is 12.0 Å². The number of morpholine rings is 1. The van der Waals surface area contributed by atoms with Crippen LogP contribution in [0.3, 0.4) is 0 Å². The van der Waals surface area contributed by atoms with Gasteiger partial charge in [0, 0.05) is 35.8 Å². The van der Waals surface area contributed by atoms with Crippen LogP contribution in [-0.2, 0) is 16.1 Å². The average Bonchev–Trinajstić information content (AvgIpc) is 3.64. The molecule has 0 unspecified atom stereocenters. The minimum atomic E-state index is -0.992. The van der Waals surface area contributed by atoms with E-state index in [4.69, 9.17) is 14.5 Å². The number of hydrogen-bond acceptors (Lipinski definition) is 8. The number of pyridine rings is 1. The van der Waals surface area contributed by atoms with Crippen molar-refractivity contribution in [2.24, 2.45) is 0 Å². The van der Waals surface area contributed by atoms with Crippen molar-refractivity contribution in [3.05, 3.63) is 83.5 Å². The number of carboxylic acids is 1. The summed E-state index contributed by atoms with van der Waals surface area (Å²) < 4.78 is 13.7. The van der Waals surface area contributed by atoms with Gasteiger partial charge in [0.1, 0.15) is 11.4 Å². The molecule has 0 spiro atoms. The Hall–Kier alpha value is -5.13. The van der Waals surface area contributed by atoms with Gasteiger partial charge in [-0.2, -0.15) is 4.98 Å². The Morgan fingerprint density at radius 1 is 1.00 bits per heavy atom. The first kappa shape index (κ1) is 29.6. The Balaban J connectivity index is 1.38. The van der Waals surface area contributed by atoms with Crippen LogP contribution in [0, 0.1) is 6.92 Å². The molecule has 0 saturated carbocycles. The summed E-state index contributed by atoms with van der Waals surface area (Å²) in [5.74, 6) is -1.03. The molecule has 5 heterocycles. The van der Waals surface area contributed by atoms with Crippen molar-refractivity contribution >= 4 is 44.3 Å². The molecule has 46 heavy (non-hydrogen) atoms. The lowest BCUT2D eigenvalue weighted by molar-refractivity contribution is -0.135. The maximum Gasteiger partial charge on any atom is 0.345 e. The van der Waals surface area contributed by atoms with E-state index in [1.165, 1.54) is 11.3 Å². The summed E-state index contributed by atoms with van der Waals surface area (Å²) >= 11 is 1.23. The summed E-state index contributed by atoms with van der Waals surface area (Å²) in [5, 5.41) is 10.8. The third-order valence-electron chi connectivity index (χ3n) is 8.14. The minimum Gasteiger partial charge on any atom is -0.477 e. The predicted octanol–water partition coefficient (Wildman–Crippen LogP) is 6.31. The van der Waals surface area contributed by atoms with Gasteiger partial charge in [-0.3, -0.25) is 4.79 Å². The molecule has 1 aliphatic rings. The molecule has 0 radical (unpaired) electrons. The lowest BCUT2D eigenvalue weighted by Crippen LogP contribution is -2.42. The quantitative estimate of drug-likeness (QED) is 0.207. The first-order valence-electron chi connectivity index (χ1n) is 15.1. The summed E-state index contributed by atoms with van der Waals surface area (Å²) in [5.41, 5.74) is 7.47. The molecule has 1 aliphatic heterocycles. The number of thiophene rings is 1. The Bertz CT molecular complexity index is 2100. The minimum absolute atomic E-state index is 0.0378. The standard InChI is InChI=1S/C35H31N5O5S/c1-3-45-35-36-19-25(21(2)37-35)27-12-9-23-17-24(10-11-26(23)38-27)32-31(22-7-5-4-6-8-22)33-28(18-29(46-33)34(42)43)40(32)20-30(41)39-13-15-44-16-14-39/h4-12,17-19H,3,13-16,20H2,1-2H3,(H,42,43). The Morgan fingerprint density at radius 2 is 1.80 bits per heavy atom. The number of rotatable bonds is 8. The molecular formula is C35H31N5O5S. The highest BCUT2D eigenvalue weighted by Crippen LogP contribution is 2.45. The molecule has 232 valence electrons. The van der Waals surface area contributed by atoms with Gasteiger partial charge in [0.15, 0.2) is 0 Å². The molecule has 10 nitrogen and oxygen atoms in total. The van der Waals surface area contributed by atoms with Crippen LogP contribution in [0.4, 0.5) is 0 Å². The number of carboxylic acid groups (broad SMARTS) is 1. The molecule has 1 N–H and O–H groups in total. The van der Waals surface area contributed by atoms with E-state index in [-0.39, 0.29) is 17.3 Å². The van der Waals surface area contributed by atoms with Crippen molar-refractivity contribution < 1.29 is 24.2 Å². The van der Waals surface area contributed by atoms with Gasteiger partial charge in [-0.1, -0.05) is 42.5 Å². The summed E-state index contributed by atoms with van der Waals surface area (Å²) in [6.07, 6.45) is 1.73. The number of nitrogens with zero attached hydrogens (tertiary/aromatic N) is 5. The molecule has 1 saturated heterocycles. The second-order valence-corrected chi connectivity index (χ2v) is 12.0. The number of aromatic nitrogens is 4. The first-order chi connectivity index (χ1) is 22.4. The third kappa shape index (κ3) is 5.48. The van der Waals surface area contributed by atoms with Gasteiger partial charge < -0.3 is 24.0 Å². The average molecular weight is 634 g/mol. The lowest BCUT2D eigenvalue weighted by Gasteiger charge is -2.27. The largest absolute Gasteiger partial charge is 0.477 e. The predicted molar refractivity (Wildman–Crippen MR) is 177 cm³/mol. The second kappa shape index (κ2) is 12.3. The van der Waals surface area contributed by atoms with E-state index in [1.54, 1.807) is 12.3 Å². The maximum absolute atomic E-state index is 13.7.